The average Bonchev–Trinajstić information content (AvgIpc) is 2.73. The molecule has 0 saturated heterocycles. The fourth-order valence-corrected chi connectivity index (χ4v) is 5.46. The van der Waals surface area contributed by atoms with Gasteiger partial charge in [0.2, 0.25) is 9.84 Å². The van der Waals surface area contributed by atoms with E-state index in [-0.39, 0.29) is 43.1 Å². The lowest BCUT2D eigenvalue weighted by molar-refractivity contribution is -0.0548. The van der Waals surface area contributed by atoms with Gasteiger partial charge in [-0.05, 0) is 61.9 Å². The van der Waals surface area contributed by atoms with Gasteiger partial charge in [-0.2, -0.15) is 18.3 Å². The van der Waals surface area contributed by atoms with Gasteiger partial charge < -0.3 is 5.32 Å². The van der Waals surface area contributed by atoms with Crippen LogP contribution in [-0.4, -0.2) is 25.8 Å². The predicted molar refractivity (Wildman–Crippen MR) is 124 cm³/mol. The molecule has 0 aliphatic carbocycles. The van der Waals surface area contributed by atoms with Crippen molar-refractivity contribution in [2.75, 3.05) is 0 Å². The van der Waals surface area contributed by atoms with E-state index in [1.54, 1.807) is 6.92 Å². The molecule has 1 N–H and O–H groups in total. The lowest BCUT2D eigenvalue weighted by Gasteiger charge is -2.38. The molecule has 1 atom stereocenters. The highest BCUT2D eigenvalue weighted by Crippen LogP contribution is 2.43. The van der Waals surface area contributed by atoms with Gasteiger partial charge in [-0.3, -0.25) is 0 Å². The highest BCUT2D eigenvalue weighted by Gasteiger charge is 2.40. The Kier molecular flexibility index (Phi) is 7.38. The third kappa shape index (κ3) is 5.48. The monoisotopic (exact) mass is 537 g/mol. The van der Waals surface area contributed by atoms with Crippen molar-refractivity contribution in [3.63, 3.8) is 0 Å². The Balaban J connectivity index is 2.31. The minimum Gasteiger partial charge on any atom is -0.344 e. The first-order chi connectivity index (χ1) is 15.3. The summed E-state index contributed by atoms with van der Waals surface area (Å²) in [6.07, 6.45) is -3.46. The molecule has 1 unspecified atom stereocenters. The van der Waals surface area contributed by atoms with E-state index in [9.17, 15) is 21.6 Å². The molecular weight excluding hydrogens is 522 g/mol. The quantitative estimate of drug-likeness (QED) is 0.440. The number of hydrogen-bond acceptors (Lipinski definition) is 5. The minimum atomic E-state index is -4.73. The third-order valence-electron chi connectivity index (χ3n) is 4.70. The molecule has 0 saturated carbocycles. The van der Waals surface area contributed by atoms with Crippen LogP contribution in [-0.2, 0) is 9.84 Å². The molecule has 2 aromatic carbocycles. The van der Waals surface area contributed by atoms with Crippen LogP contribution >= 0.6 is 34.8 Å². The van der Waals surface area contributed by atoms with Crippen molar-refractivity contribution < 1.29 is 21.6 Å². The second-order valence-electron chi connectivity index (χ2n) is 6.95. The highest BCUT2D eigenvalue weighted by molar-refractivity contribution is 7.95. The summed E-state index contributed by atoms with van der Waals surface area (Å²) >= 11 is 18.1. The van der Waals surface area contributed by atoms with Gasteiger partial charge in [-0.25, -0.2) is 13.4 Å². The van der Waals surface area contributed by atoms with Crippen molar-refractivity contribution in [3.8, 4) is 0 Å². The maximum Gasteiger partial charge on any atom is 0.428 e. The van der Waals surface area contributed by atoms with Gasteiger partial charge in [0.25, 0.3) is 0 Å². The van der Waals surface area contributed by atoms with E-state index in [2.05, 4.69) is 10.4 Å². The number of sulfone groups is 1. The van der Waals surface area contributed by atoms with Crippen LogP contribution in [0.15, 0.2) is 75.0 Å². The highest BCUT2D eigenvalue weighted by atomic mass is 35.5. The topological polar surface area (TPSA) is 61.8 Å². The number of halogens is 6. The van der Waals surface area contributed by atoms with Crippen molar-refractivity contribution in [3.05, 3.63) is 85.6 Å². The molecule has 0 fully saturated rings. The molecule has 1 aliphatic rings. The molecule has 1 aliphatic heterocycles. The van der Waals surface area contributed by atoms with Crippen LogP contribution in [0.25, 0.3) is 0 Å². The van der Waals surface area contributed by atoms with Crippen molar-refractivity contribution in [1.82, 2.24) is 10.3 Å². The molecule has 176 valence electrons. The summed E-state index contributed by atoms with van der Waals surface area (Å²) in [6.45, 7) is 3.10. The largest absolute Gasteiger partial charge is 0.428 e. The van der Waals surface area contributed by atoms with Crippen LogP contribution < -0.4 is 5.32 Å². The summed E-state index contributed by atoms with van der Waals surface area (Å²) in [5.41, 5.74) is 0.490. The van der Waals surface area contributed by atoms with Crippen molar-refractivity contribution >= 4 is 50.9 Å². The Bertz CT molecular complexity index is 1260. The zero-order valence-corrected chi connectivity index (χ0v) is 20.2. The van der Waals surface area contributed by atoms with Gasteiger partial charge in [0.05, 0.1) is 19.8 Å². The van der Waals surface area contributed by atoms with Gasteiger partial charge in [0.15, 0.2) is 0 Å². The Labute approximate surface area is 204 Å². The number of benzene rings is 2. The first-order valence-corrected chi connectivity index (χ1v) is 12.0. The first-order valence-electron chi connectivity index (χ1n) is 9.36. The van der Waals surface area contributed by atoms with E-state index in [1.165, 1.54) is 55.5 Å². The lowest BCUT2D eigenvalue weighted by atomic mass is 10.0. The van der Waals surface area contributed by atoms with Gasteiger partial charge in [-0.1, -0.05) is 40.9 Å². The zero-order valence-electron chi connectivity index (χ0n) is 17.2. The Morgan fingerprint density at radius 1 is 1.06 bits per heavy atom. The lowest BCUT2D eigenvalue weighted by Crippen LogP contribution is -2.40. The van der Waals surface area contributed by atoms with Crippen LogP contribution in [0.5, 0.6) is 0 Å². The Morgan fingerprint density at radius 3 is 2.24 bits per heavy atom. The summed E-state index contributed by atoms with van der Waals surface area (Å²) in [5, 5.41) is 8.00. The number of allylic oxidation sites excluding steroid dienone is 2. The number of nitrogens with zero attached hydrogens (tertiary/aromatic N) is 2. The number of hydrazone groups is 1. The molecule has 0 amide bonds. The van der Waals surface area contributed by atoms with Crippen molar-refractivity contribution in [1.29, 1.82) is 0 Å². The summed E-state index contributed by atoms with van der Waals surface area (Å²) in [6, 6.07) is 8.50. The predicted octanol–water partition coefficient (Wildman–Crippen LogP) is 6.71. The van der Waals surface area contributed by atoms with Gasteiger partial charge >= 0.3 is 6.18 Å². The first kappa shape index (κ1) is 25.4. The van der Waals surface area contributed by atoms with E-state index < -0.39 is 22.1 Å². The summed E-state index contributed by atoms with van der Waals surface area (Å²) in [5.74, 6) is 0.152. The number of nitrogens with one attached hydrogen (secondary N) is 1. The summed E-state index contributed by atoms with van der Waals surface area (Å²) in [4.78, 5) is -0.287. The Morgan fingerprint density at radius 2 is 1.70 bits per heavy atom. The standard InChI is InChI=1S/C21H17Cl3F3N3O2S/c1-3-18-29-12(2)20(33(31,32)15-7-5-14(22)6-8-15)19(30(18)28-11-21(25,26)27)13-4-9-16(23)17(24)10-13/h3-11,19,29H,1-2H3/b18-3-,28-11+. The fraction of sp³-hybridized carbons (Fsp3) is 0.190. The van der Waals surface area contributed by atoms with Crippen LogP contribution in [0.4, 0.5) is 13.2 Å². The molecule has 3 rings (SSSR count). The molecule has 0 bridgehead atoms. The van der Waals surface area contributed by atoms with Crippen molar-refractivity contribution in [2.45, 2.75) is 31.0 Å². The molecular formula is C21H17Cl3F3N3O2S. The second-order valence-corrected chi connectivity index (χ2v) is 10.1. The van der Waals surface area contributed by atoms with E-state index in [0.717, 1.165) is 5.01 Å². The molecule has 2 aromatic rings. The molecule has 0 aromatic heterocycles. The minimum absolute atomic E-state index is 0.0863. The smallest absolute Gasteiger partial charge is 0.344 e. The maximum atomic E-state index is 13.7. The van der Waals surface area contributed by atoms with E-state index in [0.29, 0.717) is 5.02 Å². The number of alkyl halides is 3. The summed E-state index contributed by atoms with van der Waals surface area (Å²) in [7, 11) is -4.21. The van der Waals surface area contributed by atoms with Gasteiger partial charge in [0.1, 0.15) is 18.1 Å². The normalized spacial score (nSPS) is 18.8. The third-order valence-corrected chi connectivity index (χ3v) is 7.69. The van der Waals surface area contributed by atoms with Crippen LogP contribution in [0.2, 0.25) is 15.1 Å². The molecule has 0 spiro atoms. The van der Waals surface area contributed by atoms with Crippen LogP contribution in [0, 0.1) is 0 Å². The Hall–Kier alpha value is -2.20. The average molecular weight is 539 g/mol. The molecule has 1 heterocycles. The summed E-state index contributed by atoms with van der Waals surface area (Å²) < 4.78 is 66.3. The SMILES string of the molecule is C/C=C1/NC(C)=C(S(=O)(=O)c2ccc(Cl)cc2)C(c2ccc(Cl)c(Cl)c2)N1/N=C/C(F)(F)F. The number of hydrogen-bond donors (Lipinski definition) is 1. The fourth-order valence-electron chi connectivity index (χ4n) is 3.29. The van der Waals surface area contributed by atoms with Gasteiger partial charge in [0, 0.05) is 10.7 Å². The zero-order chi connectivity index (χ0) is 24.6. The van der Waals surface area contributed by atoms with E-state index >= 15 is 0 Å². The van der Waals surface area contributed by atoms with Crippen LogP contribution in [0.1, 0.15) is 25.5 Å². The second kappa shape index (κ2) is 9.58. The molecule has 5 nitrogen and oxygen atoms in total. The molecule has 0 radical (unpaired) electrons. The molecule has 12 heteroatoms. The van der Waals surface area contributed by atoms with Crippen LogP contribution in [0.3, 0.4) is 0 Å². The van der Waals surface area contributed by atoms with E-state index in [4.69, 9.17) is 34.8 Å². The maximum absolute atomic E-state index is 13.7. The molecule has 33 heavy (non-hydrogen) atoms. The van der Waals surface area contributed by atoms with Gasteiger partial charge in [-0.15, -0.1) is 0 Å². The van der Waals surface area contributed by atoms with E-state index in [1.807, 2.05) is 0 Å². The number of rotatable bonds is 4. The van der Waals surface area contributed by atoms with Crippen molar-refractivity contribution in [2.24, 2.45) is 5.10 Å².